The van der Waals surface area contributed by atoms with Gasteiger partial charge in [-0.1, -0.05) is 0 Å². The summed E-state index contributed by atoms with van der Waals surface area (Å²) in [5.74, 6) is 0. The summed E-state index contributed by atoms with van der Waals surface area (Å²) in [7, 11) is 26.4. The molecule has 21 heterocycles. The van der Waals surface area contributed by atoms with Gasteiger partial charge in [0.25, 0.3) is 0 Å². The Kier molecular flexibility index (Phi) is 31.9. The molecule has 95 heavy (non-hydrogen) atoms. The first-order valence-electron chi connectivity index (χ1n) is 31.5. The molecule has 21 aliphatic rings. The normalized spacial score (nSPS) is 47.1. The van der Waals surface area contributed by atoms with E-state index in [0.717, 1.165) is 0 Å². The Labute approximate surface area is 554 Å². The third kappa shape index (κ3) is 17.1. The quantitative estimate of drug-likeness (QED) is 0.0800. The molecule has 21 fully saturated rings. The molecule has 0 unspecified atom stereocenters. The summed E-state index contributed by atoms with van der Waals surface area (Å²) >= 11 is 0. The van der Waals surface area contributed by atoms with E-state index in [2.05, 4.69) is 0 Å². The zero-order chi connectivity index (χ0) is 68.8. The van der Waals surface area contributed by atoms with Crippen LogP contribution in [0.15, 0.2) is 0 Å². The van der Waals surface area contributed by atoms with Crippen LogP contribution in [0, 0.1) is 0 Å². The Morgan fingerprint density at radius 3 is 0.537 bits per heavy atom. The molecular weight excluding hydrogens is 1280 g/mol. The largest absolute Gasteiger partial charge is 0.394 e. The lowest BCUT2D eigenvalue weighted by Gasteiger charge is -2.52. The summed E-state index contributed by atoms with van der Waals surface area (Å²) in [5.41, 5.74) is 0. The van der Waals surface area contributed by atoms with Gasteiger partial charge >= 0.3 is 0 Å². The summed E-state index contributed by atoms with van der Waals surface area (Å²) in [5, 5.41) is 35.2. The molecule has 3 N–H and O–H groups in total. The minimum Gasteiger partial charge on any atom is -0.394 e. The number of aliphatic hydroxyl groups is 3. The van der Waals surface area contributed by atoms with Crippen molar-refractivity contribution in [3.05, 3.63) is 0 Å². The molecule has 21 rings (SSSR count). The maximum absolute atomic E-state index is 12.1. The first kappa shape index (κ1) is 79.3. The minimum absolute atomic E-state index is 0.0558. The maximum atomic E-state index is 12.1. The van der Waals surface area contributed by atoms with E-state index in [9.17, 15) is 15.3 Å². The molecule has 0 radical (unpaired) electrons. The van der Waals surface area contributed by atoms with Gasteiger partial charge in [0.15, 0.2) is 44.0 Å². The molecule has 0 aromatic heterocycles. The van der Waals surface area contributed by atoms with Gasteiger partial charge in [-0.25, -0.2) is 0 Å². The number of ether oxygens (including phenoxy) is 32. The second-order valence-electron chi connectivity index (χ2n) is 23.8. The van der Waals surface area contributed by atoms with Crippen LogP contribution in [0.5, 0.6) is 0 Å². The van der Waals surface area contributed by atoms with Crippen LogP contribution in [0.4, 0.5) is 0 Å². The van der Waals surface area contributed by atoms with Crippen molar-refractivity contribution >= 4 is 0 Å². The van der Waals surface area contributed by atoms with Gasteiger partial charge in [-0.3, -0.25) is 0 Å². The highest BCUT2D eigenvalue weighted by atomic mass is 16.8. The van der Waals surface area contributed by atoms with Crippen LogP contribution in [0.2, 0.25) is 0 Å². The van der Waals surface area contributed by atoms with Crippen molar-refractivity contribution in [1.82, 2.24) is 0 Å². The molecule has 0 aromatic carbocycles. The van der Waals surface area contributed by atoms with Crippen molar-refractivity contribution in [2.24, 2.45) is 0 Å². The maximum Gasteiger partial charge on any atom is 0.187 e. The fourth-order valence-corrected chi connectivity index (χ4v) is 14.2. The van der Waals surface area contributed by atoms with Gasteiger partial charge in [0.05, 0.1) is 46.2 Å². The van der Waals surface area contributed by atoms with E-state index in [4.69, 9.17) is 152 Å². The Morgan fingerprint density at radius 1 is 0.200 bits per heavy atom. The van der Waals surface area contributed by atoms with E-state index >= 15 is 0 Å². The molecule has 556 valence electrons. The number of aliphatic hydroxyl groups excluding tert-OH is 3. The van der Waals surface area contributed by atoms with E-state index in [1.165, 1.54) is 128 Å². The highest BCUT2D eigenvalue weighted by molar-refractivity contribution is 5.04. The number of hydrogen-bond donors (Lipinski definition) is 3. The Balaban J connectivity index is 1.21. The van der Waals surface area contributed by atoms with Crippen LogP contribution in [0.1, 0.15) is 0 Å². The van der Waals surface area contributed by atoms with Crippen molar-refractivity contribution < 1.29 is 167 Å². The van der Waals surface area contributed by atoms with E-state index in [-0.39, 0.29) is 39.6 Å². The van der Waals surface area contributed by atoms with Crippen molar-refractivity contribution in [2.45, 2.75) is 215 Å². The van der Waals surface area contributed by atoms with Crippen LogP contribution in [0.3, 0.4) is 0 Å². The Bertz CT molecular complexity index is 2150. The lowest BCUT2D eigenvalue weighted by atomic mass is 9.94. The monoisotopic (exact) mass is 1390 g/mol. The smallest absolute Gasteiger partial charge is 0.187 e. The summed E-state index contributed by atoms with van der Waals surface area (Å²) in [6.45, 7) is -1.28. The van der Waals surface area contributed by atoms with Crippen LogP contribution >= 0.6 is 0 Å². The predicted molar refractivity (Wildman–Crippen MR) is 315 cm³/mol. The second kappa shape index (κ2) is 38.2. The number of methoxy groups -OCH3 is 18. The summed E-state index contributed by atoms with van der Waals surface area (Å²) in [6.07, 6.45) is -40.8. The van der Waals surface area contributed by atoms with Crippen LogP contribution in [0.25, 0.3) is 0 Å². The van der Waals surface area contributed by atoms with Gasteiger partial charge in [0.1, 0.15) is 171 Å². The SMILES string of the molecule is COC[C@H]1O[C@@H]2O[C@H]3[C@H](OC)[C@@H](OC)[C@@H](O[C@H]4[C@H](OC)[C@@H](OC)[C@@H](O[C@H]5[C@H](OC)[C@@H](OC)[C@H](O[C@H]6[C@H](OC)[C@@H](OC)[C@@H](O[C@H]7[C@H](OC)[C@@H](OC)[C@@H](O[C@H]8[C@H](O)[C@@H](O)[C@@H](O[C@H]1[C@H](OC)[C@H]2OC)O[C@@H]8CO)O[C@@H]7COC)O[C@@H]6COC)O[C@@H]5COC)O[C@@H]4COC)O[C@@H]3COC. The van der Waals surface area contributed by atoms with Crippen LogP contribution in [-0.4, -0.2) is 404 Å². The zero-order valence-electron chi connectivity index (χ0n) is 57.6. The summed E-state index contributed by atoms with van der Waals surface area (Å²) in [4.78, 5) is 0. The zero-order valence-corrected chi connectivity index (χ0v) is 57.6. The van der Waals surface area contributed by atoms with Crippen LogP contribution < -0.4 is 0 Å². The van der Waals surface area contributed by atoms with Gasteiger partial charge in [-0.2, -0.15) is 0 Å². The van der Waals surface area contributed by atoms with Crippen molar-refractivity contribution in [3.8, 4) is 0 Å². The molecule has 0 aliphatic carbocycles. The molecule has 0 aromatic rings. The Morgan fingerprint density at radius 2 is 0.368 bits per heavy atom. The van der Waals surface area contributed by atoms with Gasteiger partial charge in [0.2, 0.25) is 0 Å². The van der Waals surface area contributed by atoms with Crippen LogP contribution in [-0.2, 0) is 152 Å². The molecule has 21 saturated heterocycles. The molecule has 0 saturated carbocycles. The fraction of sp³-hybridized carbons (Fsp3) is 1.00. The average molecular weight is 1390 g/mol. The summed E-state index contributed by atoms with van der Waals surface area (Å²) in [6, 6.07) is 0. The second-order valence-corrected chi connectivity index (χ2v) is 23.8. The van der Waals surface area contributed by atoms with Gasteiger partial charge in [0, 0.05) is 128 Å². The van der Waals surface area contributed by atoms with E-state index in [1.54, 1.807) is 0 Å². The molecule has 14 bridgehead atoms. The number of hydrogen-bond acceptors (Lipinski definition) is 35. The molecule has 35 nitrogen and oxygen atoms in total. The number of rotatable bonds is 25. The van der Waals surface area contributed by atoms with E-state index in [1.807, 2.05) is 0 Å². The van der Waals surface area contributed by atoms with Gasteiger partial charge in [-0.15, -0.1) is 0 Å². The first-order chi connectivity index (χ1) is 46.1. The summed E-state index contributed by atoms with van der Waals surface area (Å²) < 4.78 is 204. The van der Waals surface area contributed by atoms with Gasteiger partial charge < -0.3 is 167 Å². The van der Waals surface area contributed by atoms with Gasteiger partial charge in [-0.05, 0) is 0 Å². The van der Waals surface area contributed by atoms with Crippen molar-refractivity contribution in [3.63, 3.8) is 0 Å². The molecule has 0 spiro atoms. The third-order valence-corrected chi connectivity index (χ3v) is 18.7. The molecule has 0 amide bonds. The highest BCUT2D eigenvalue weighted by Gasteiger charge is 2.62. The standard InChI is InChI=1S/C60H106O35/c1-64-20-27-36-42(70-7)49(77-14)56(84-27)92-38-29(22-66-3)86-58(51(79-16)44(38)72-9)94-40-31(24-68-5)88-60(53(81-18)46(40)74-11)95-41-32(25-69-6)87-59(52(80-17)47(41)75-12)93-39-30(23-67-4)85-57(50(78-15)45(39)73-10)91-37-28(21-65-2)83-55(48(76-13)43(37)71-8)89-35-26(19-61)82-54(90-36)34(63)33(35)62/h26-63H,19-25H2,1-18H3/t26-,27-,28-,29-,30-,31-,32-,33-,34-,35-,36-,37-,38-,39-,40-,41-,42+,43+,44+,45+,46+,47+,48-,49-,50-,51-,52-,53-,54-,55-,56-,57-,58-,59+,60-/m1/s1. The lowest BCUT2D eigenvalue weighted by Crippen LogP contribution is -2.69. The van der Waals surface area contributed by atoms with E-state index in [0.29, 0.717) is 0 Å². The van der Waals surface area contributed by atoms with E-state index < -0.39 is 222 Å². The topological polar surface area (TPSA) is 356 Å². The molecule has 35 atom stereocenters. The van der Waals surface area contributed by atoms with Crippen molar-refractivity contribution in [2.75, 3.05) is 174 Å². The fourth-order valence-electron chi connectivity index (χ4n) is 14.2. The molecular formula is C60H106O35. The Hall–Kier alpha value is -1.40. The highest BCUT2D eigenvalue weighted by Crippen LogP contribution is 2.42. The lowest BCUT2D eigenvalue weighted by molar-refractivity contribution is -0.402. The molecule has 35 heteroatoms. The predicted octanol–water partition coefficient (Wildman–Crippen LogP) is -3.46. The third-order valence-electron chi connectivity index (χ3n) is 18.7. The molecule has 21 aliphatic heterocycles. The average Bonchev–Trinajstić information content (AvgIpc) is 0.777. The van der Waals surface area contributed by atoms with Crippen molar-refractivity contribution in [1.29, 1.82) is 0 Å². The minimum atomic E-state index is -1.86. The first-order valence-corrected chi connectivity index (χ1v) is 31.5.